The molecule has 0 fully saturated rings. The Kier molecular flexibility index (Phi) is 4.78. The number of amides is 1. The third kappa shape index (κ3) is 3.77. The van der Waals surface area contributed by atoms with Crippen molar-refractivity contribution in [2.45, 2.75) is 26.4 Å². The van der Waals surface area contributed by atoms with Crippen LogP contribution in [0, 0.1) is 6.92 Å². The van der Waals surface area contributed by atoms with E-state index in [0.717, 1.165) is 15.8 Å². The summed E-state index contributed by atoms with van der Waals surface area (Å²) in [5, 5.41) is 19.8. The van der Waals surface area contributed by atoms with E-state index in [1.54, 1.807) is 11.6 Å². The number of nitrogens with zero attached hydrogens (tertiary/aromatic N) is 5. The summed E-state index contributed by atoms with van der Waals surface area (Å²) in [6, 6.07) is 8.53. The third-order valence-electron chi connectivity index (χ3n) is 3.83. The van der Waals surface area contributed by atoms with Crippen molar-refractivity contribution in [1.82, 2.24) is 24.5 Å². The highest BCUT2D eigenvalue weighted by Crippen LogP contribution is 2.12. The molecule has 134 valence electrons. The first-order valence-electron chi connectivity index (χ1n) is 7.96. The fraction of sp³-hybridized carbons (Fsp3) is 0.235. The van der Waals surface area contributed by atoms with E-state index in [9.17, 15) is 9.59 Å². The molecule has 0 saturated carbocycles. The first-order valence-corrected chi connectivity index (χ1v) is 7.96. The van der Waals surface area contributed by atoms with Crippen LogP contribution in [0.1, 0.15) is 34.6 Å². The number of carbonyl (C=O) groups is 2. The Morgan fingerprint density at radius 2 is 2.12 bits per heavy atom. The number of benzene rings is 1. The van der Waals surface area contributed by atoms with Crippen molar-refractivity contribution >= 4 is 17.8 Å². The highest BCUT2D eigenvalue weighted by atomic mass is 16.4. The minimum atomic E-state index is -1.15. The third-order valence-corrected chi connectivity index (χ3v) is 3.83. The van der Waals surface area contributed by atoms with Gasteiger partial charge in [0.1, 0.15) is 18.1 Å². The highest BCUT2D eigenvalue weighted by molar-refractivity contribution is 5.93. The van der Waals surface area contributed by atoms with Gasteiger partial charge in [0, 0.05) is 6.20 Å². The number of anilines is 1. The molecule has 0 saturated heterocycles. The number of hydrogen-bond donors (Lipinski definition) is 2. The highest BCUT2D eigenvalue weighted by Gasteiger charge is 2.22. The maximum Gasteiger partial charge on any atom is 0.354 e. The number of rotatable bonds is 6. The fourth-order valence-corrected chi connectivity index (χ4v) is 2.54. The normalized spacial score (nSPS) is 11.9. The number of nitrogens with one attached hydrogen (secondary N) is 1. The minimum absolute atomic E-state index is 0.0643. The van der Waals surface area contributed by atoms with E-state index in [1.807, 2.05) is 31.2 Å². The summed E-state index contributed by atoms with van der Waals surface area (Å²) in [6.45, 7) is 4.10. The number of hydrogen-bond acceptors (Lipinski definition) is 5. The summed E-state index contributed by atoms with van der Waals surface area (Å²) in [5.74, 6) is -1.45. The van der Waals surface area contributed by atoms with Crippen LogP contribution >= 0.6 is 0 Å². The minimum Gasteiger partial charge on any atom is -0.477 e. The van der Waals surface area contributed by atoms with Gasteiger partial charge in [-0.1, -0.05) is 29.8 Å². The van der Waals surface area contributed by atoms with Crippen molar-refractivity contribution in [2.24, 2.45) is 0 Å². The van der Waals surface area contributed by atoms with Crippen LogP contribution < -0.4 is 5.32 Å². The van der Waals surface area contributed by atoms with Gasteiger partial charge < -0.3 is 5.11 Å². The van der Waals surface area contributed by atoms with Crippen LogP contribution in [0.25, 0.3) is 0 Å². The molecule has 2 N–H and O–H groups in total. The smallest absolute Gasteiger partial charge is 0.354 e. The first kappa shape index (κ1) is 17.3. The van der Waals surface area contributed by atoms with E-state index in [1.165, 1.54) is 18.6 Å². The summed E-state index contributed by atoms with van der Waals surface area (Å²) in [5.41, 5.74) is 2.16. The number of aromatic nitrogens is 5. The second-order valence-corrected chi connectivity index (χ2v) is 5.89. The topological polar surface area (TPSA) is 115 Å². The van der Waals surface area contributed by atoms with Crippen LogP contribution in [0.2, 0.25) is 0 Å². The average Bonchev–Trinajstić information content (AvgIpc) is 3.23. The summed E-state index contributed by atoms with van der Waals surface area (Å²) in [4.78, 5) is 27.6. The predicted molar refractivity (Wildman–Crippen MR) is 92.8 cm³/mol. The zero-order valence-corrected chi connectivity index (χ0v) is 14.3. The average molecular weight is 354 g/mol. The number of carbonyl (C=O) groups excluding carboxylic acids is 1. The molecule has 1 amide bonds. The fourth-order valence-electron chi connectivity index (χ4n) is 2.54. The molecule has 0 aliphatic rings. The van der Waals surface area contributed by atoms with Gasteiger partial charge in [0.2, 0.25) is 5.95 Å². The van der Waals surface area contributed by atoms with Crippen LogP contribution in [0.5, 0.6) is 0 Å². The van der Waals surface area contributed by atoms with Crippen LogP contribution in [0.15, 0.2) is 42.9 Å². The van der Waals surface area contributed by atoms with Crippen LogP contribution in [-0.4, -0.2) is 41.5 Å². The van der Waals surface area contributed by atoms with Crippen molar-refractivity contribution in [3.63, 3.8) is 0 Å². The van der Waals surface area contributed by atoms with Crippen LogP contribution in [0.4, 0.5) is 5.95 Å². The van der Waals surface area contributed by atoms with E-state index >= 15 is 0 Å². The molecule has 0 radical (unpaired) electrons. The largest absolute Gasteiger partial charge is 0.477 e. The molecule has 9 nitrogen and oxygen atoms in total. The van der Waals surface area contributed by atoms with E-state index < -0.39 is 17.9 Å². The SMILES string of the molecule is Cc1cccc(Cn2cnc(NC(=O)C(C)n3nccc3C(=O)O)n2)c1. The summed E-state index contributed by atoms with van der Waals surface area (Å²) in [7, 11) is 0. The van der Waals surface area contributed by atoms with E-state index in [4.69, 9.17) is 5.11 Å². The Hall–Kier alpha value is -3.49. The second kappa shape index (κ2) is 7.18. The monoisotopic (exact) mass is 354 g/mol. The van der Waals surface area contributed by atoms with Crippen molar-refractivity contribution in [3.8, 4) is 0 Å². The quantitative estimate of drug-likeness (QED) is 0.696. The van der Waals surface area contributed by atoms with Gasteiger partial charge >= 0.3 is 5.97 Å². The molecule has 9 heteroatoms. The summed E-state index contributed by atoms with van der Waals surface area (Å²) in [6.07, 6.45) is 2.86. The maximum absolute atomic E-state index is 12.3. The standard InChI is InChI=1S/C17H18N6O3/c1-11-4-3-5-13(8-11)9-22-10-18-17(21-22)20-15(24)12(2)23-14(16(25)26)6-7-19-23/h3-8,10,12H,9H2,1-2H3,(H,25,26)(H,20,21,24). The molecule has 3 aromatic rings. The van der Waals surface area contributed by atoms with Gasteiger partial charge in [-0.2, -0.15) is 5.10 Å². The van der Waals surface area contributed by atoms with Gasteiger partial charge in [0.05, 0.1) is 6.54 Å². The molecule has 1 atom stereocenters. The number of aromatic carboxylic acids is 1. The zero-order chi connectivity index (χ0) is 18.7. The Morgan fingerprint density at radius 1 is 1.31 bits per heavy atom. The Bertz CT molecular complexity index is 945. The van der Waals surface area contributed by atoms with Crippen molar-refractivity contribution in [1.29, 1.82) is 0 Å². The molecule has 1 unspecified atom stereocenters. The van der Waals surface area contributed by atoms with Crippen molar-refractivity contribution < 1.29 is 14.7 Å². The molecule has 26 heavy (non-hydrogen) atoms. The Labute approximate surface area is 149 Å². The lowest BCUT2D eigenvalue weighted by Gasteiger charge is -2.12. The van der Waals surface area contributed by atoms with E-state index in [0.29, 0.717) is 6.54 Å². The Morgan fingerprint density at radius 3 is 2.85 bits per heavy atom. The number of carboxylic acids is 1. The lowest BCUT2D eigenvalue weighted by Crippen LogP contribution is -2.27. The molecule has 2 aromatic heterocycles. The van der Waals surface area contributed by atoms with Gasteiger partial charge in [0.25, 0.3) is 5.91 Å². The van der Waals surface area contributed by atoms with Crippen molar-refractivity contribution in [3.05, 3.63) is 59.7 Å². The van der Waals surface area contributed by atoms with Gasteiger partial charge in [-0.25, -0.2) is 19.1 Å². The number of carboxylic acid groups (broad SMARTS) is 1. The molecule has 1 aromatic carbocycles. The van der Waals surface area contributed by atoms with Gasteiger partial charge in [0.15, 0.2) is 0 Å². The maximum atomic E-state index is 12.3. The molecule has 2 heterocycles. The molecule has 0 spiro atoms. The van der Waals surface area contributed by atoms with Gasteiger partial charge in [-0.15, -0.1) is 5.10 Å². The second-order valence-electron chi connectivity index (χ2n) is 5.89. The lowest BCUT2D eigenvalue weighted by atomic mass is 10.1. The summed E-state index contributed by atoms with van der Waals surface area (Å²) >= 11 is 0. The first-order chi connectivity index (χ1) is 12.4. The summed E-state index contributed by atoms with van der Waals surface area (Å²) < 4.78 is 2.76. The van der Waals surface area contributed by atoms with Crippen LogP contribution in [-0.2, 0) is 11.3 Å². The van der Waals surface area contributed by atoms with Crippen molar-refractivity contribution in [2.75, 3.05) is 5.32 Å². The molecule has 0 bridgehead atoms. The Balaban J connectivity index is 1.67. The molecular weight excluding hydrogens is 336 g/mol. The number of aryl methyl sites for hydroxylation is 1. The van der Waals surface area contributed by atoms with Gasteiger partial charge in [-0.3, -0.25) is 10.1 Å². The van der Waals surface area contributed by atoms with Crippen LogP contribution in [0.3, 0.4) is 0 Å². The predicted octanol–water partition coefficient (Wildman–Crippen LogP) is 1.73. The molecule has 3 rings (SSSR count). The zero-order valence-electron chi connectivity index (χ0n) is 14.3. The molecule has 0 aliphatic heterocycles. The van der Waals surface area contributed by atoms with Gasteiger partial charge in [-0.05, 0) is 25.5 Å². The lowest BCUT2D eigenvalue weighted by molar-refractivity contribution is -0.119. The molecule has 0 aliphatic carbocycles. The molecular formula is C17H18N6O3. The van der Waals surface area contributed by atoms with E-state index in [-0.39, 0.29) is 11.6 Å². The van der Waals surface area contributed by atoms with E-state index in [2.05, 4.69) is 20.5 Å².